The Kier molecular flexibility index (Phi) is 5.09. The average molecular weight is 336 g/mol. The molecular weight excluding hydrogens is 316 g/mol. The quantitative estimate of drug-likeness (QED) is 0.750. The minimum Gasteiger partial charge on any atom is -0.494 e. The fourth-order valence-corrected chi connectivity index (χ4v) is 2.47. The molecule has 1 aromatic heterocycles. The van der Waals surface area contributed by atoms with Crippen LogP contribution in [0.5, 0.6) is 5.75 Å². The predicted octanol–water partition coefficient (Wildman–Crippen LogP) is 3.29. The van der Waals surface area contributed by atoms with Crippen molar-refractivity contribution >= 4 is 11.6 Å². The molecule has 1 heterocycles. The number of nitrogens with zero attached hydrogens (tertiary/aromatic N) is 3. The molecule has 0 atom stereocenters. The number of aromatic nitrogens is 3. The summed E-state index contributed by atoms with van der Waals surface area (Å²) in [6.45, 7) is 4.96. The number of rotatable bonds is 6. The van der Waals surface area contributed by atoms with Crippen molar-refractivity contribution < 1.29 is 9.53 Å². The van der Waals surface area contributed by atoms with E-state index in [2.05, 4.69) is 15.6 Å². The smallest absolute Gasteiger partial charge is 0.278 e. The van der Waals surface area contributed by atoms with E-state index >= 15 is 0 Å². The maximum atomic E-state index is 12.5. The molecule has 25 heavy (non-hydrogen) atoms. The normalized spacial score (nSPS) is 10.5. The lowest BCUT2D eigenvalue weighted by molar-refractivity contribution is 0.102. The van der Waals surface area contributed by atoms with Gasteiger partial charge in [0.1, 0.15) is 5.75 Å². The molecule has 0 saturated heterocycles. The number of benzene rings is 2. The van der Waals surface area contributed by atoms with Crippen molar-refractivity contribution in [2.45, 2.75) is 20.4 Å². The molecule has 2 aromatic carbocycles. The maximum Gasteiger partial charge on any atom is 0.278 e. The van der Waals surface area contributed by atoms with Gasteiger partial charge in [0.2, 0.25) is 0 Å². The summed E-state index contributed by atoms with van der Waals surface area (Å²) in [6, 6.07) is 17.2. The van der Waals surface area contributed by atoms with Crippen LogP contribution in [0.2, 0.25) is 0 Å². The van der Waals surface area contributed by atoms with E-state index in [1.54, 1.807) is 16.8 Å². The van der Waals surface area contributed by atoms with E-state index < -0.39 is 0 Å². The summed E-state index contributed by atoms with van der Waals surface area (Å²) in [7, 11) is 0. The van der Waals surface area contributed by atoms with Crippen LogP contribution >= 0.6 is 0 Å². The first-order valence-corrected chi connectivity index (χ1v) is 8.15. The third kappa shape index (κ3) is 4.03. The molecule has 0 unspecified atom stereocenters. The maximum absolute atomic E-state index is 12.5. The minimum absolute atomic E-state index is 0.277. The molecule has 6 nitrogen and oxygen atoms in total. The fraction of sp³-hybridized carbons (Fsp3) is 0.211. The monoisotopic (exact) mass is 336 g/mol. The Morgan fingerprint density at radius 2 is 1.84 bits per heavy atom. The Morgan fingerprint density at radius 3 is 2.52 bits per heavy atom. The number of carbonyl (C=O) groups is 1. The first-order valence-electron chi connectivity index (χ1n) is 8.15. The van der Waals surface area contributed by atoms with E-state index in [1.165, 1.54) is 0 Å². The highest BCUT2D eigenvalue weighted by Crippen LogP contribution is 2.17. The van der Waals surface area contributed by atoms with Crippen LogP contribution in [0.3, 0.4) is 0 Å². The van der Waals surface area contributed by atoms with Gasteiger partial charge in [-0.2, -0.15) is 0 Å². The predicted molar refractivity (Wildman–Crippen MR) is 95.9 cm³/mol. The lowest BCUT2D eigenvalue weighted by Gasteiger charge is -2.07. The third-order valence-electron chi connectivity index (χ3n) is 3.80. The summed E-state index contributed by atoms with van der Waals surface area (Å²) in [6.07, 6.45) is 0. The van der Waals surface area contributed by atoms with E-state index in [4.69, 9.17) is 4.74 Å². The topological polar surface area (TPSA) is 69.0 Å². The molecule has 0 saturated carbocycles. The first kappa shape index (κ1) is 16.7. The number of anilines is 1. The molecule has 6 heteroatoms. The highest BCUT2D eigenvalue weighted by atomic mass is 16.5. The molecule has 0 spiro atoms. The fourth-order valence-electron chi connectivity index (χ4n) is 2.47. The van der Waals surface area contributed by atoms with Crippen molar-refractivity contribution in [1.82, 2.24) is 15.0 Å². The highest BCUT2D eigenvalue weighted by Gasteiger charge is 2.16. The van der Waals surface area contributed by atoms with Crippen molar-refractivity contribution in [2.75, 3.05) is 11.9 Å². The van der Waals surface area contributed by atoms with E-state index in [0.717, 1.165) is 17.0 Å². The van der Waals surface area contributed by atoms with E-state index in [9.17, 15) is 4.79 Å². The van der Waals surface area contributed by atoms with E-state index in [-0.39, 0.29) is 5.91 Å². The van der Waals surface area contributed by atoms with Gasteiger partial charge in [-0.25, -0.2) is 4.68 Å². The highest BCUT2D eigenvalue weighted by molar-refractivity contribution is 6.03. The summed E-state index contributed by atoms with van der Waals surface area (Å²) < 4.78 is 7.12. The molecular formula is C19H20N4O2. The lowest BCUT2D eigenvalue weighted by Crippen LogP contribution is -2.14. The standard InChI is InChI=1S/C19H20N4O2/c1-3-25-17-11-9-16(10-12-17)20-19(24)18-14(2)23(22-21-18)13-15-7-5-4-6-8-15/h4-12H,3,13H2,1-2H3,(H,20,24). The zero-order chi connectivity index (χ0) is 17.6. The molecule has 0 fully saturated rings. The largest absolute Gasteiger partial charge is 0.494 e. The Morgan fingerprint density at radius 1 is 1.12 bits per heavy atom. The van der Waals surface area contributed by atoms with Crippen LogP contribution in [0.4, 0.5) is 5.69 Å². The molecule has 0 radical (unpaired) electrons. The zero-order valence-corrected chi connectivity index (χ0v) is 14.3. The van der Waals surface area contributed by atoms with Gasteiger partial charge in [-0.15, -0.1) is 5.10 Å². The summed E-state index contributed by atoms with van der Waals surface area (Å²) in [5.74, 6) is 0.492. The molecule has 3 aromatic rings. The molecule has 0 aliphatic carbocycles. The lowest BCUT2D eigenvalue weighted by atomic mass is 10.2. The summed E-state index contributed by atoms with van der Waals surface area (Å²) >= 11 is 0. The Hall–Kier alpha value is -3.15. The summed E-state index contributed by atoms with van der Waals surface area (Å²) in [5.41, 5.74) is 2.84. The van der Waals surface area contributed by atoms with Crippen LogP contribution in [-0.4, -0.2) is 27.5 Å². The van der Waals surface area contributed by atoms with Gasteiger partial charge in [-0.05, 0) is 43.7 Å². The van der Waals surface area contributed by atoms with Gasteiger partial charge in [0.25, 0.3) is 5.91 Å². The van der Waals surface area contributed by atoms with Crippen LogP contribution in [0.25, 0.3) is 0 Å². The number of nitrogens with one attached hydrogen (secondary N) is 1. The second-order valence-electron chi connectivity index (χ2n) is 5.58. The van der Waals surface area contributed by atoms with Gasteiger partial charge < -0.3 is 10.1 Å². The molecule has 1 amide bonds. The summed E-state index contributed by atoms with van der Waals surface area (Å²) in [5, 5.41) is 11.0. The zero-order valence-electron chi connectivity index (χ0n) is 14.3. The molecule has 128 valence electrons. The van der Waals surface area contributed by atoms with Crippen LogP contribution in [-0.2, 0) is 6.54 Å². The van der Waals surface area contributed by atoms with Gasteiger partial charge in [0.15, 0.2) is 5.69 Å². The second-order valence-corrected chi connectivity index (χ2v) is 5.58. The number of amides is 1. The van der Waals surface area contributed by atoms with E-state index in [0.29, 0.717) is 24.5 Å². The van der Waals surface area contributed by atoms with Crippen LogP contribution in [0.1, 0.15) is 28.7 Å². The summed E-state index contributed by atoms with van der Waals surface area (Å²) in [4.78, 5) is 12.5. The van der Waals surface area contributed by atoms with Gasteiger partial charge >= 0.3 is 0 Å². The van der Waals surface area contributed by atoms with Crippen molar-refractivity contribution in [1.29, 1.82) is 0 Å². The molecule has 0 aliphatic rings. The van der Waals surface area contributed by atoms with Gasteiger partial charge in [0.05, 0.1) is 18.8 Å². The van der Waals surface area contributed by atoms with Crippen molar-refractivity contribution in [3.8, 4) is 5.75 Å². The molecule has 3 rings (SSSR count). The van der Waals surface area contributed by atoms with Crippen LogP contribution < -0.4 is 10.1 Å². The Balaban J connectivity index is 1.70. The number of ether oxygens (including phenoxy) is 1. The van der Waals surface area contributed by atoms with Crippen LogP contribution in [0, 0.1) is 6.92 Å². The van der Waals surface area contributed by atoms with Crippen molar-refractivity contribution in [3.05, 3.63) is 71.5 Å². The van der Waals surface area contributed by atoms with Crippen molar-refractivity contribution in [3.63, 3.8) is 0 Å². The molecule has 1 N–H and O–H groups in total. The minimum atomic E-state index is -0.277. The number of hydrogen-bond donors (Lipinski definition) is 1. The number of hydrogen-bond acceptors (Lipinski definition) is 4. The van der Waals surface area contributed by atoms with Crippen LogP contribution in [0.15, 0.2) is 54.6 Å². The van der Waals surface area contributed by atoms with Crippen molar-refractivity contribution in [2.24, 2.45) is 0 Å². The second kappa shape index (κ2) is 7.61. The Bertz CT molecular complexity index is 842. The van der Waals surface area contributed by atoms with Gasteiger partial charge in [0, 0.05) is 5.69 Å². The third-order valence-corrected chi connectivity index (χ3v) is 3.80. The average Bonchev–Trinajstić information content (AvgIpc) is 2.98. The number of carbonyl (C=O) groups excluding carboxylic acids is 1. The molecule has 0 bridgehead atoms. The SMILES string of the molecule is CCOc1ccc(NC(=O)c2nnn(Cc3ccccc3)c2C)cc1. The van der Waals surface area contributed by atoms with Gasteiger partial charge in [-0.1, -0.05) is 35.5 Å². The molecule has 0 aliphatic heterocycles. The Labute approximate surface area is 146 Å². The first-order chi connectivity index (χ1) is 12.2. The van der Waals surface area contributed by atoms with Gasteiger partial charge in [-0.3, -0.25) is 4.79 Å². The van der Waals surface area contributed by atoms with E-state index in [1.807, 2.05) is 56.3 Å².